The van der Waals surface area contributed by atoms with Gasteiger partial charge in [-0.25, -0.2) is 0 Å². The van der Waals surface area contributed by atoms with Gasteiger partial charge in [0, 0.05) is 16.1 Å². The van der Waals surface area contributed by atoms with Crippen molar-refractivity contribution < 1.29 is 19.1 Å². The Balaban J connectivity index is 2.24. The second kappa shape index (κ2) is 7.88. The number of benzene rings is 2. The lowest BCUT2D eigenvalue weighted by Crippen LogP contribution is -2.13. The Morgan fingerprint density at radius 2 is 1.67 bits per heavy atom. The Bertz CT molecular complexity index is 779. The monoisotopic (exact) mass is 386 g/mol. The zero-order valence-electron chi connectivity index (χ0n) is 12.9. The van der Waals surface area contributed by atoms with Crippen LogP contribution in [0.5, 0.6) is 11.5 Å². The van der Waals surface area contributed by atoms with Crippen molar-refractivity contribution in [2.45, 2.75) is 13.3 Å². The molecule has 2 aromatic rings. The molecule has 0 spiro atoms. The fourth-order valence-corrected chi connectivity index (χ4v) is 2.96. The van der Waals surface area contributed by atoms with Crippen LogP contribution in [0.1, 0.15) is 22.8 Å². The quantitative estimate of drug-likeness (QED) is 0.411. The molecular formula is C17H13Cl3O4. The van der Waals surface area contributed by atoms with Gasteiger partial charge in [-0.1, -0.05) is 34.8 Å². The van der Waals surface area contributed by atoms with Crippen molar-refractivity contribution in [2.24, 2.45) is 0 Å². The molecule has 4 nitrogen and oxygen atoms in total. The number of Topliss-reactive ketones (excluding diaryl/α,β-unsaturated/α-hetero) is 1. The van der Waals surface area contributed by atoms with Crippen molar-refractivity contribution in [1.82, 2.24) is 0 Å². The SMILES string of the molecule is COc1ccc(C(C)=O)cc1CC(=O)Oc1c(Cl)cc(Cl)cc1Cl. The molecule has 0 aromatic heterocycles. The van der Waals surface area contributed by atoms with Crippen LogP contribution < -0.4 is 9.47 Å². The third kappa shape index (κ3) is 4.41. The number of hydrogen-bond donors (Lipinski definition) is 0. The predicted octanol–water partition coefficient (Wildman–Crippen LogP) is 5.01. The summed E-state index contributed by atoms with van der Waals surface area (Å²) >= 11 is 17.8. The van der Waals surface area contributed by atoms with Gasteiger partial charge in [-0.2, -0.15) is 0 Å². The van der Waals surface area contributed by atoms with Crippen molar-refractivity contribution in [3.05, 3.63) is 56.5 Å². The molecular weight excluding hydrogens is 375 g/mol. The van der Waals surface area contributed by atoms with Gasteiger partial charge in [0.25, 0.3) is 0 Å². The van der Waals surface area contributed by atoms with Gasteiger partial charge in [-0.15, -0.1) is 0 Å². The van der Waals surface area contributed by atoms with E-state index in [1.54, 1.807) is 18.2 Å². The molecule has 0 N–H and O–H groups in total. The molecule has 2 aromatic carbocycles. The lowest BCUT2D eigenvalue weighted by atomic mass is 10.0. The molecule has 0 aliphatic rings. The van der Waals surface area contributed by atoms with Crippen LogP contribution in [0.3, 0.4) is 0 Å². The molecule has 0 aliphatic heterocycles. The molecule has 0 atom stereocenters. The minimum Gasteiger partial charge on any atom is -0.496 e. The highest BCUT2D eigenvalue weighted by Crippen LogP contribution is 2.36. The molecule has 2 rings (SSSR count). The first kappa shape index (κ1) is 18.6. The molecule has 24 heavy (non-hydrogen) atoms. The van der Waals surface area contributed by atoms with Crippen LogP contribution in [-0.4, -0.2) is 18.9 Å². The predicted molar refractivity (Wildman–Crippen MR) is 93.8 cm³/mol. The van der Waals surface area contributed by atoms with Crippen molar-refractivity contribution in [2.75, 3.05) is 7.11 Å². The molecule has 0 saturated heterocycles. The lowest BCUT2D eigenvalue weighted by Gasteiger charge is -2.11. The summed E-state index contributed by atoms with van der Waals surface area (Å²) < 4.78 is 10.4. The number of esters is 1. The minimum absolute atomic E-state index is 0.0365. The van der Waals surface area contributed by atoms with Crippen LogP contribution in [-0.2, 0) is 11.2 Å². The number of ether oxygens (including phenoxy) is 2. The number of ketones is 1. The van der Waals surface area contributed by atoms with E-state index in [9.17, 15) is 9.59 Å². The van der Waals surface area contributed by atoms with Crippen LogP contribution in [0.4, 0.5) is 0 Å². The molecule has 0 saturated carbocycles. The topological polar surface area (TPSA) is 52.6 Å². The summed E-state index contributed by atoms with van der Waals surface area (Å²) in [6.45, 7) is 1.44. The Labute approximate surface area is 154 Å². The fourth-order valence-electron chi connectivity index (χ4n) is 2.07. The van der Waals surface area contributed by atoms with Crippen molar-refractivity contribution in [1.29, 1.82) is 0 Å². The Kier molecular flexibility index (Phi) is 6.10. The molecule has 0 unspecified atom stereocenters. The van der Waals surface area contributed by atoms with E-state index < -0.39 is 5.97 Å². The Hall–Kier alpha value is -1.75. The van der Waals surface area contributed by atoms with E-state index in [1.807, 2.05) is 0 Å². The smallest absolute Gasteiger partial charge is 0.315 e. The van der Waals surface area contributed by atoms with Gasteiger partial charge in [-0.3, -0.25) is 9.59 Å². The van der Waals surface area contributed by atoms with Crippen molar-refractivity contribution >= 4 is 46.6 Å². The van der Waals surface area contributed by atoms with Crippen LogP contribution >= 0.6 is 34.8 Å². The van der Waals surface area contributed by atoms with Crippen LogP contribution in [0.2, 0.25) is 15.1 Å². The Morgan fingerprint density at radius 1 is 1.04 bits per heavy atom. The van der Waals surface area contributed by atoms with E-state index >= 15 is 0 Å². The number of methoxy groups -OCH3 is 1. The molecule has 0 amide bonds. The summed E-state index contributed by atoms with van der Waals surface area (Å²) in [4.78, 5) is 23.7. The van der Waals surface area contributed by atoms with Gasteiger partial charge in [0.1, 0.15) is 5.75 Å². The van der Waals surface area contributed by atoms with Gasteiger partial charge in [0.05, 0.1) is 23.6 Å². The minimum atomic E-state index is -0.597. The molecule has 0 aliphatic carbocycles. The van der Waals surface area contributed by atoms with Crippen LogP contribution in [0.15, 0.2) is 30.3 Å². The summed E-state index contributed by atoms with van der Waals surface area (Å²) in [5.74, 6) is -0.198. The number of carbonyl (C=O) groups is 2. The number of halogens is 3. The number of carbonyl (C=O) groups excluding carboxylic acids is 2. The summed E-state index contributed by atoms with van der Waals surface area (Å²) in [7, 11) is 1.48. The van der Waals surface area contributed by atoms with Gasteiger partial charge in [0.2, 0.25) is 0 Å². The first-order valence-electron chi connectivity index (χ1n) is 6.85. The van der Waals surface area contributed by atoms with E-state index in [0.717, 1.165) is 0 Å². The molecule has 0 fully saturated rings. The first-order valence-corrected chi connectivity index (χ1v) is 7.98. The zero-order chi connectivity index (χ0) is 17.9. The molecule has 0 radical (unpaired) electrons. The van der Waals surface area contributed by atoms with E-state index in [-0.39, 0.29) is 28.0 Å². The summed E-state index contributed by atoms with van der Waals surface area (Å²) in [5, 5.41) is 0.594. The van der Waals surface area contributed by atoms with Crippen molar-refractivity contribution in [3.8, 4) is 11.5 Å². The largest absolute Gasteiger partial charge is 0.496 e. The van der Waals surface area contributed by atoms with Gasteiger partial charge in [-0.05, 0) is 37.3 Å². The second-order valence-electron chi connectivity index (χ2n) is 4.93. The first-order chi connectivity index (χ1) is 11.3. The third-order valence-corrected chi connectivity index (χ3v) is 3.98. The van der Waals surface area contributed by atoms with E-state index in [1.165, 1.54) is 26.2 Å². The molecule has 0 heterocycles. The zero-order valence-corrected chi connectivity index (χ0v) is 15.1. The average molecular weight is 388 g/mol. The second-order valence-corrected chi connectivity index (χ2v) is 6.18. The maximum absolute atomic E-state index is 12.2. The highest BCUT2D eigenvalue weighted by atomic mass is 35.5. The molecule has 0 bridgehead atoms. The normalized spacial score (nSPS) is 10.4. The van der Waals surface area contributed by atoms with Crippen LogP contribution in [0, 0.1) is 0 Å². The van der Waals surface area contributed by atoms with E-state index in [0.29, 0.717) is 21.9 Å². The summed E-state index contributed by atoms with van der Waals surface area (Å²) in [6, 6.07) is 7.70. The van der Waals surface area contributed by atoms with Crippen molar-refractivity contribution in [3.63, 3.8) is 0 Å². The Morgan fingerprint density at radius 3 is 2.21 bits per heavy atom. The summed E-state index contributed by atoms with van der Waals surface area (Å²) in [6.07, 6.45) is -0.112. The van der Waals surface area contributed by atoms with Crippen LogP contribution in [0.25, 0.3) is 0 Å². The lowest BCUT2D eigenvalue weighted by molar-refractivity contribution is -0.133. The standard InChI is InChI=1S/C17H13Cl3O4/c1-9(21)10-3-4-15(23-2)11(5-10)6-16(22)24-17-13(19)7-12(18)8-14(17)20/h3-5,7-8H,6H2,1-2H3. The maximum atomic E-state index is 12.2. The highest BCUT2D eigenvalue weighted by molar-refractivity contribution is 6.40. The van der Waals surface area contributed by atoms with Gasteiger partial charge >= 0.3 is 5.97 Å². The van der Waals surface area contributed by atoms with Gasteiger partial charge < -0.3 is 9.47 Å². The average Bonchev–Trinajstić information content (AvgIpc) is 2.50. The maximum Gasteiger partial charge on any atom is 0.315 e. The van der Waals surface area contributed by atoms with E-state index in [2.05, 4.69) is 0 Å². The van der Waals surface area contributed by atoms with Gasteiger partial charge in [0.15, 0.2) is 11.5 Å². The fraction of sp³-hybridized carbons (Fsp3) is 0.176. The molecule has 7 heteroatoms. The third-order valence-electron chi connectivity index (χ3n) is 3.20. The highest BCUT2D eigenvalue weighted by Gasteiger charge is 2.17. The number of rotatable bonds is 5. The van der Waals surface area contributed by atoms with E-state index in [4.69, 9.17) is 44.3 Å². The summed E-state index contributed by atoms with van der Waals surface area (Å²) in [5.41, 5.74) is 0.998. The molecule has 126 valence electrons. The number of hydrogen-bond acceptors (Lipinski definition) is 4.